The molecule has 1 aliphatic carbocycles. The lowest BCUT2D eigenvalue weighted by atomic mass is 10.0. The van der Waals surface area contributed by atoms with Gasteiger partial charge in [-0.2, -0.15) is 0 Å². The Morgan fingerprint density at radius 2 is 2.00 bits per heavy atom. The van der Waals surface area contributed by atoms with E-state index in [0.717, 1.165) is 23.0 Å². The zero-order chi connectivity index (χ0) is 13.1. The zero-order valence-corrected chi connectivity index (χ0v) is 11.9. The Kier molecular flexibility index (Phi) is 3.69. The lowest BCUT2D eigenvalue weighted by molar-refractivity contribution is 0.340. The number of hydrogen-bond donors (Lipinski definition) is 1. The van der Waals surface area contributed by atoms with Gasteiger partial charge in [0.05, 0.1) is 12.3 Å². The number of ether oxygens (including phenoxy) is 1. The highest BCUT2D eigenvalue weighted by molar-refractivity contribution is 7.15. The molecule has 0 unspecified atom stereocenters. The maximum Gasteiger partial charge on any atom is 0.187 e. The van der Waals surface area contributed by atoms with Gasteiger partial charge in [0.15, 0.2) is 5.13 Å². The molecular weight excluding hydrogens is 256 g/mol. The summed E-state index contributed by atoms with van der Waals surface area (Å²) in [5, 5.41) is 4.39. The van der Waals surface area contributed by atoms with Gasteiger partial charge in [-0.3, -0.25) is 0 Å². The predicted octanol–water partition coefficient (Wildman–Crippen LogP) is 4.16. The maximum atomic E-state index is 5.44. The largest absolute Gasteiger partial charge is 0.494 e. The number of thiazole rings is 1. The van der Waals surface area contributed by atoms with Gasteiger partial charge in [0, 0.05) is 10.6 Å². The summed E-state index contributed by atoms with van der Waals surface area (Å²) in [4.78, 5) is 6.14. The van der Waals surface area contributed by atoms with Gasteiger partial charge in [-0.05, 0) is 56.9 Å². The first-order valence-corrected chi connectivity index (χ1v) is 7.65. The topological polar surface area (TPSA) is 34.1 Å². The van der Waals surface area contributed by atoms with E-state index in [-0.39, 0.29) is 0 Å². The molecule has 1 N–H and O–H groups in total. The van der Waals surface area contributed by atoms with Crippen LogP contribution in [0.3, 0.4) is 0 Å². The van der Waals surface area contributed by atoms with Gasteiger partial charge in [0.2, 0.25) is 0 Å². The van der Waals surface area contributed by atoms with Crippen molar-refractivity contribution in [2.24, 2.45) is 0 Å². The van der Waals surface area contributed by atoms with Crippen molar-refractivity contribution in [3.63, 3.8) is 0 Å². The molecule has 0 atom stereocenters. The Balaban J connectivity index is 1.72. The van der Waals surface area contributed by atoms with Crippen molar-refractivity contribution in [3.05, 3.63) is 34.8 Å². The molecule has 0 aliphatic heterocycles. The van der Waals surface area contributed by atoms with Crippen LogP contribution < -0.4 is 10.1 Å². The molecule has 1 aromatic heterocycles. The van der Waals surface area contributed by atoms with E-state index in [1.165, 1.54) is 29.8 Å². The first-order valence-electron chi connectivity index (χ1n) is 6.83. The Labute approximate surface area is 117 Å². The molecule has 100 valence electrons. The highest BCUT2D eigenvalue weighted by Crippen LogP contribution is 2.31. The third-order valence-electron chi connectivity index (χ3n) is 3.26. The van der Waals surface area contributed by atoms with Crippen LogP contribution in [0, 0.1) is 0 Å². The molecule has 4 heteroatoms. The second kappa shape index (κ2) is 5.61. The lowest BCUT2D eigenvalue weighted by Crippen LogP contribution is -1.99. The summed E-state index contributed by atoms with van der Waals surface area (Å²) in [5.41, 5.74) is 2.36. The quantitative estimate of drug-likeness (QED) is 0.908. The van der Waals surface area contributed by atoms with Crippen molar-refractivity contribution in [1.82, 2.24) is 4.98 Å². The van der Waals surface area contributed by atoms with Gasteiger partial charge >= 0.3 is 0 Å². The average molecular weight is 274 g/mol. The molecule has 0 radical (unpaired) electrons. The van der Waals surface area contributed by atoms with Crippen LogP contribution in [0.2, 0.25) is 0 Å². The van der Waals surface area contributed by atoms with E-state index >= 15 is 0 Å². The van der Waals surface area contributed by atoms with Crippen molar-refractivity contribution in [3.8, 4) is 5.75 Å². The van der Waals surface area contributed by atoms with E-state index in [1.54, 1.807) is 11.3 Å². The Bertz CT molecular complexity index is 524. The van der Waals surface area contributed by atoms with Crippen molar-refractivity contribution in [2.75, 3.05) is 11.9 Å². The predicted molar refractivity (Wildman–Crippen MR) is 79.6 cm³/mol. The van der Waals surface area contributed by atoms with Crippen LogP contribution in [-0.4, -0.2) is 11.6 Å². The van der Waals surface area contributed by atoms with Gasteiger partial charge in [-0.15, -0.1) is 11.3 Å². The van der Waals surface area contributed by atoms with Crippen molar-refractivity contribution in [2.45, 2.75) is 32.6 Å². The molecule has 1 aliphatic rings. The van der Waals surface area contributed by atoms with Crippen molar-refractivity contribution in [1.29, 1.82) is 0 Å². The second-order valence-corrected chi connectivity index (χ2v) is 5.76. The van der Waals surface area contributed by atoms with Crippen LogP contribution in [0.15, 0.2) is 24.3 Å². The van der Waals surface area contributed by atoms with E-state index < -0.39 is 0 Å². The minimum Gasteiger partial charge on any atom is -0.494 e. The molecule has 3 nitrogen and oxygen atoms in total. The van der Waals surface area contributed by atoms with E-state index in [0.29, 0.717) is 6.61 Å². The fraction of sp³-hybridized carbons (Fsp3) is 0.400. The van der Waals surface area contributed by atoms with Crippen LogP contribution >= 0.6 is 11.3 Å². The van der Waals surface area contributed by atoms with E-state index in [1.807, 2.05) is 31.2 Å². The maximum absolute atomic E-state index is 5.44. The molecule has 0 saturated heterocycles. The van der Waals surface area contributed by atoms with Crippen LogP contribution in [-0.2, 0) is 12.8 Å². The number of nitrogens with one attached hydrogen (secondary N) is 1. The average Bonchev–Trinajstić information content (AvgIpc) is 2.83. The summed E-state index contributed by atoms with van der Waals surface area (Å²) in [6.45, 7) is 2.69. The summed E-state index contributed by atoms with van der Waals surface area (Å²) in [7, 11) is 0. The molecule has 2 aromatic rings. The number of benzene rings is 1. The molecule has 1 aromatic carbocycles. The van der Waals surface area contributed by atoms with Gasteiger partial charge in [0.1, 0.15) is 5.75 Å². The van der Waals surface area contributed by atoms with Crippen molar-refractivity contribution < 1.29 is 4.74 Å². The minimum absolute atomic E-state index is 0.700. The third kappa shape index (κ3) is 2.89. The Morgan fingerprint density at radius 1 is 1.21 bits per heavy atom. The molecule has 19 heavy (non-hydrogen) atoms. The van der Waals surface area contributed by atoms with Gasteiger partial charge in [-0.1, -0.05) is 0 Å². The standard InChI is InChI=1S/C15H18N2OS/c1-2-18-12-9-7-11(8-10-12)16-15-17-13-5-3-4-6-14(13)19-15/h7-10H,2-6H2,1H3,(H,16,17). The number of nitrogens with zero attached hydrogens (tertiary/aromatic N) is 1. The van der Waals surface area contributed by atoms with E-state index in [4.69, 9.17) is 4.74 Å². The number of fused-ring (bicyclic) bond motifs is 1. The SMILES string of the molecule is CCOc1ccc(Nc2nc3c(s2)CCCC3)cc1. The zero-order valence-electron chi connectivity index (χ0n) is 11.1. The molecule has 0 saturated carbocycles. The van der Waals surface area contributed by atoms with E-state index in [9.17, 15) is 0 Å². The number of rotatable bonds is 4. The molecule has 1 heterocycles. The van der Waals surface area contributed by atoms with Crippen LogP contribution in [0.25, 0.3) is 0 Å². The summed E-state index contributed by atoms with van der Waals surface area (Å²) in [6.07, 6.45) is 4.91. The minimum atomic E-state index is 0.700. The number of anilines is 2. The van der Waals surface area contributed by atoms with Crippen molar-refractivity contribution >= 4 is 22.2 Å². The summed E-state index contributed by atoms with van der Waals surface area (Å²) in [5.74, 6) is 0.909. The van der Waals surface area contributed by atoms with Gasteiger partial charge in [-0.25, -0.2) is 4.98 Å². The fourth-order valence-corrected chi connectivity index (χ4v) is 3.40. The second-order valence-electron chi connectivity index (χ2n) is 4.68. The first kappa shape index (κ1) is 12.5. The Morgan fingerprint density at radius 3 is 2.74 bits per heavy atom. The van der Waals surface area contributed by atoms with Crippen LogP contribution in [0.5, 0.6) is 5.75 Å². The molecule has 0 fully saturated rings. The van der Waals surface area contributed by atoms with Crippen LogP contribution in [0.4, 0.5) is 10.8 Å². The summed E-state index contributed by atoms with van der Waals surface area (Å²) in [6, 6.07) is 8.04. The smallest absolute Gasteiger partial charge is 0.187 e. The monoisotopic (exact) mass is 274 g/mol. The number of aryl methyl sites for hydroxylation is 2. The van der Waals surface area contributed by atoms with E-state index in [2.05, 4.69) is 10.3 Å². The fourth-order valence-electron chi connectivity index (χ4n) is 2.33. The number of hydrogen-bond acceptors (Lipinski definition) is 4. The molecule has 0 amide bonds. The first-order chi connectivity index (χ1) is 9.35. The summed E-state index contributed by atoms with van der Waals surface area (Å²) < 4.78 is 5.44. The molecule has 0 spiro atoms. The molecule has 3 rings (SSSR count). The lowest BCUT2D eigenvalue weighted by Gasteiger charge is -2.06. The highest BCUT2D eigenvalue weighted by atomic mass is 32.1. The number of aromatic nitrogens is 1. The molecule has 0 bridgehead atoms. The summed E-state index contributed by atoms with van der Waals surface area (Å²) >= 11 is 1.79. The van der Waals surface area contributed by atoms with Gasteiger partial charge in [0.25, 0.3) is 0 Å². The normalized spacial score (nSPS) is 13.9. The highest BCUT2D eigenvalue weighted by Gasteiger charge is 2.14. The Hall–Kier alpha value is -1.55. The molecular formula is C15H18N2OS. The van der Waals surface area contributed by atoms with Crippen LogP contribution in [0.1, 0.15) is 30.3 Å². The van der Waals surface area contributed by atoms with Gasteiger partial charge < -0.3 is 10.1 Å². The third-order valence-corrected chi connectivity index (χ3v) is 4.34.